The number of pyridine rings is 1. The van der Waals surface area contributed by atoms with Gasteiger partial charge in [-0.05, 0) is 24.1 Å². The molecule has 0 aliphatic rings. The van der Waals surface area contributed by atoms with Gasteiger partial charge in [0.05, 0.1) is 6.26 Å². The van der Waals surface area contributed by atoms with Crippen LogP contribution in [0.2, 0.25) is 0 Å². The van der Waals surface area contributed by atoms with Crippen molar-refractivity contribution in [2.75, 3.05) is 5.73 Å². The zero-order chi connectivity index (χ0) is 16.4. The lowest BCUT2D eigenvalue weighted by atomic mass is 10.1. The van der Waals surface area contributed by atoms with Crippen LogP contribution in [0.4, 0.5) is 5.95 Å². The summed E-state index contributed by atoms with van der Waals surface area (Å²) in [5.74, 6) is 1.15. The number of hydrogen-bond acceptors (Lipinski definition) is 5. The lowest BCUT2D eigenvalue weighted by molar-refractivity contribution is 0.511. The van der Waals surface area contributed by atoms with Crippen molar-refractivity contribution in [1.29, 1.82) is 0 Å². The average molecular weight is 310 g/mol. The Kier molecular flexibility index (Phi) is 3.97. The van der Waals surface area contributed by atoms with Gasteiger partial charge in [0.2, 0.25) is 5.95 Å². The normalized spacial score (nSPS) is 11.1. The molecule has 0 bridgehead atoms. The molecule has 23 heavy (non-hydrogen) atoms. The predicted molar refractivity (Wildman–Crippen MR) is 88.7 cm³/mol. The molecule has 0 saturated carbocycles. The largest absolute Gasteiger partial charge is 0.463 e. The van der Waals surface area contributed by atoms with Crippen molar-refractivity contribution >= 4 is 5.95 Å². The van der Waals surface area contributed by atoms with Crippen LogP contribution in [-0.2, 0) is 6.54 Å². The van der Waals surface area contributed by atoms with Crippen LogP contribution < -0.4 is 11.3 Å². The monoisotopic (exact) mass is 310 g/mol. The first-order chi connectivity index (χ1) is 11.0. The summed E-state index contributed by atoms with van der Waals surface area (Å²) in [5, 5.41) is 0. The fourth-order valence-corrected chi connectivity index (χ4v) is 2.43. The Morgan fingerprint density at radius 1 is 1.30 bits per heavy atom. The molecule has 0 spiro atoms. The first-order valence-corrected chi connectivity index (χ1v) is 7.42. The number of furan rings is 1. The topological polar surface area (TPSA) is 86.9 Å². The summed E-state index contributed by atoms with van der Waals surface area (Å²) in [4.78, 5) is 20.4. The van der Waals surface area contributed by atoms with Crippen molar-refractivity contribution in [3.05, 3.63) is 53.3 Å². The summed E-state index contributed by atoms with van der Waals surface area (Å²) in [6.07, 6.45) is 5.06. The highest BCUT2D eigenvalue weighted by Crippen LogP contribution is 2.30. The zero-order valence-electron chi connectivity index (χ0n) is 13.1. The molecule has 3 rings (SSSR count). The SMILES string of the molecule is CC(C)Cn1cc(-c2cnc(N)nc2-c2ccco2)ccc1=O. The van der Waals surface area contributed by atoms with E-state index in [2.05, 4.69) is 23.8 Å². The molecule has 2 N–H and O–H groups in total. The average Bonchev–Trinajstić information content (AvgIpc) is 3.03. The Hall–Kier alpha value is -2.89. The predicted octanol–water partition coefficient (Wildman–Crippen LogP) is 2.80. The number of hydrogen-bond donors (Lipinski definition) is 1. The third-order valence-electron chi connectivity index (χ3n) is 3.42. The lowest BCUT2D eigenvalue weighted by Crippen LogP contribution is -2.21. The molecular formula is C17H18N4O2. The molecule has 0 saturated heterocycles. The van der Waals surface area contributed by atoms with Crippen molar-refractivity contribution in [2.24, 2.45) is 5.92 Å². The van der Waals surface area contributed by atoms with Crippen LogP contribution in [0.3, 0.4) is 0 Å². The van der Waals surface area contributed by atoms with Gasteiger partial charge in [-0.3, -0.25) is 4.79 Å². The van der Waals surface area contributed by atoms with Gasteiger partial charge in [0.15, 0.2) is 5.76 Å². The minimum absolute atomic E-state index is 0.0293. The fraction of sp³-hybridized carbons (Fsp3) is 0.235. The molecule has 0 fully saturated rings. The number of nitrogen functional groups attached to an aromatic ring is 1. The van der Waals surface area contributed by atoms with E-state index in [4.69, 9.17) is 10.2 Å². The van der Waals surface area contributed by atoms with Gasteiger partial charge in [0.25, 0.3) is 5.56 Å². The molecule has 0 radical (unpaired) electrons. The molecule has 6 nitrogen and oxygen atoms in total. The maximum atomic E-state index is 12.0. The highest BCUT2D eigenvalue weighted by atomic mass is 16.3. The molecule has 0 atom stereocenters. The standard InChI is InChI=1S/C17H18N4O2/c1-11(2)9-21-10-12(5-6-15(21)22)13-8-19-17(18)20-16(13)14-4-3-7-23-14/h3-8,10-11H,9H2,1-2H3,(H2,18,19,20). The van der Waals surface area contributed by atoms with Crippen LogP contribution in [0, 0.1) is 5.92 Å². The minimum Gasteiger partial charge on any atom is -0.463 e. The second-order valence-corrected chi connectivity index (χ2v) is 5.77. The summed E-state index contributed by atoms with van der Waals surface area (Å²) in [5.41, 5.74) is 7.91. The van der Waals surface area contributed by atoms with Crippen LogP contribution >= 0.6 is 0 Å². The smallest absolute Gasteiger partial charge is 0.250 e. The van der Waals surface area contributed by atoms with E-state index in [0.717, 1.165) is 11.1 Å². The summed E-state index contributed by atoms with van der Waals surface area (Å²) in [6.45, 7) is 4.79. The lowest BCUT2D eigenvalue weighted by Gasteiger charge is -2.12. The molecule has 6 heteroatoms. The molecule has 0 unspecified atom stereocenters. The Bertz CT molecular complexity index is 867. The third kappa shape index (κ3) is 3.15. The van der Waals surface area contributed by atoms with E-state index < -0.39 is 0 Å². The maximum absolute atomic E-state index is 12.0. The van der Waals surface area contributed by atoms with Gasteiger partial charge in [-0.1, -0.05) is 13.8 Å². The van der Waals surface area contributed by atoms with Crippen molar-refractivity contribution in [3.63, 3.8) is 0 Å². The van der Waals surface area contributed by atoms with E-state index in [-0.39, 0.29) is 11.5 Å². The molecule has 0 aliphatic carbocycles. The maximum Gasteiger partial charge on any atom is 0.250 e. The second-order valence-electron chi connectivity index (χ2n) is 5.77. The first kappa shape index (κ1) is 15.0. The number of nitrogens with zero attached hydrogens (tertiary/aromatic N) is 3. The Balaban J connectivity index is 2.14. The van der Waals surface area contributed by atoms with Crippen molar-refractivity contribution in [3.8, 4) is 22.6 Å². The van der Waals surface area contributed by atoms with Gasteiger partial charge in [-0.15, -0.1) is 0 Å². The first-order valence-electron chi connectivity index (χ1n) is 7.42. The van der Waals surface area contributed by atoms with E-state index in [0.29, 0.717) is 23.9 Å². The molecule has 3 aromatic rings. The van der Waals surface area contributed by atoms with Crippen molar-refractivity contribution in [1.82, 2.24) is 14.5 Å². The van der Waals surface area contributed by atoms with Gasteiger partial charge in [-0.2, -0.15) is 0 Å². The van der Waals surface area contributed by atoms with Crippen molar-refractivity contribution < 1.29 is 4.42 Å². The molecular weight excluding hydrogens is 292 g/mol. The van der Waals surface area contributed by atoms with E-state index in [1.54, 1.807) is 35.2 Å². The molecule has 0 aliphatic heterocycles. The number of rotatable bonds is 4. The molecule has 0 aromatic carbocycles. The number of anilines is 1. The van der Waals surface area contributed by atoms with Gasteiger partial charge in [-0.25, -0.2) is 9.97 Å². The van der Waals surface area contributed by atoms with Crippen LogP contribution in [0.15, 0.2) is 52.1 Å². The highest BCUT2D eigenvalue weighted by molar-refractivity contribution is 5.78. The van der Waals surface area contributed by atoms with E-state index >= 15 is 0 Å². The Morgan fingerprint density at radius 3 is 2.83 bits per heavy atom. The van der Waals surface area contributed by atoms with E-state index in [9.17, 15) is 4.79 Å². The van der Waals surface area contributed by atoms with Crippen LogP contribution in [0.1, 0.15) is 13.8 Å². The van der Waals surface area contributed by atoms with Gasteiger partial charge in [0, 0.05) is 36.1 Å². The number of nitrogens with two attached hydrogens (primary N) is 1. The molecule has 0 amide bonds. The molecule has 118 valence electrons. The zero-order valence-corrected chi connectivity index (χ0v) is 13.1. The van der Waals surface area contributed by atoms with Crippen LogP contribution in [0.5, 0.6) is 0 Å². The number of aromatic nitrogens is 3. The highest BCUT2D eigenvalue weighted by Gasteiger charge is 2.14. The summed E-state index contributed by atoms with van der Waals surface area (Å²) in [6, 6.07) is 6.92. The Labute approximate surface area is 133 Å². The van der Waals surface area contributed by atoms with Gasteiger partial charge in [0.1, 0.15) is 5.69 Å². The fourth-order valence-electron chi connectivity index (χ4n) is 2.43. The minimum atomic E-state index is -0.0293. The summed E-state index contributed by atoms with van der Waals surface area (Å²) >= 11 is 0. The summed E-state index contributed by atoms with van der Waals surface area (Å²) < 4.78 is 7.14. The molecule has 3 aromatic heterocycles. The van der Waals surface area contributed by atoms with Crippen LogP contribution in [0.25, 0.3) is 22.6 Å². The van der Waals surface area contributed by atoms with E-state index in [1.807, 2.05) is 12.3 Å². The quantitative estimate of drug-likeness (QED) is 0.800. The molecule has 3 heterocycles. The third-order valence-corrected chi connectivity index (χ3v) is 3.42. The van der Waals surface area contributed by atoms with Gasteiger partial charge >= 0.3 is 0 Å². The van der Waals surface area contributed by atoms with Crippen molar-refractivity contribution in [2.45, 2.75) is 20.4 Å². The summed E-state index contributed by atoms with van der Waals surface area (Å²) in [7, 11) is 0. The van der Waals surface area contributed by atoms with Gasteiger partial charge < -0.3 is 14.7 Å². The Morgan fingerprint density at radius 2 is 2.13 bits per heavy atom. The van der Waals surface area contributed by atoms with E-state index in [1.165, 1.54) is 0 Å². The van der Waals surface area contributed by atoms with Crippen LogP contribution in [-0.4, -0.2) is 14.5 Å². The second kappa shape index (κ2) is 6.08.